The Morgan fingerprint density at radius 3 is 2.96 bits per heavy atom. The van der Waals surface area contributed by atoms with Gasteiger partial charge in [0.2, 0.25) is 0 Å². The highest BCUT2D eigenvalue weighted by Gasteiger charge is 2.40. The Morgan fingerprint density at radius 1 is 1.43 bits per heavy atom. The minimum Gasteiger partial charge on any atom is -0.414 e. The molecule has 122 valence electrons. The maximum atomic E-state index is 12.5. The molecule has 3 fully saturated rings. The van der Waals surface area contributed by atoms with Gasteiger partial charge in [0.05, 0.1) is 4.88 Å². The molecule has 0 unspecified atom stereocenters. The highest BCUT2D eigenvalue weighted by Crippen LogP contribution is 2.33. The quantitative estimate of drug-likeness (QED) is 0.932. The third kappa shape index (κ3) is 2.86. The minimum atomic E-state index is -0.0204. The molecule has 1 N–H and O–H groups in total. The van der Waals surface area contributed by atoms with Crippen molar-refractivity contribution in [3.63, 3.8) is 0 Å². The van der Waals surface area contributed by atoms with Crippen molar-refractivity contribution >= 4 is 17.2 Å². The van der Waals surface area contributed by atoms with Crippen molar-refractivity contribution < 1.29 is 13.9 Å². The number of hydrogen-bond donors (Lipinski definition) is 1. The van der Waals surface area contributed by atoms with Gasteiger partial charge in [-0.3, -0.25) is 9.69 Å². The third-order valence-electron chi connectivity index (χ3n) is 4.89. The lowest BCUT2D eigenvalue weighted by Gasteiger charge is -2.49. The van der Waals surface area contributed by atoms with Gasteiger partial charge in [0.25, 0.3) is 5.91 Å². The summed E-state index contributed by atoms with van der Waals surface area (Å²) < 4.78 is 10.6. The van der Waals surface area contributed by atoms with Gasteiger partial charge in [-0.1, -0.05) is 11.3 Å². The largest absolute Gasteiger partial charge is 0.414 e. The second-order valence-electron chi connectivity index (χ2n) is 6.15. The van der Waals surface area contributed by atoms with E-state index in [-0.39, 0.29) is 11.9 Å². The lowest BCUT2D eigenvalue weighted by Crippen LogP contribution is -2.62. The van der Waals surface area contributed by atoms with Crippen LogP contribution in [0.5, 0.6) is 11.0 Å². The van der Waals surface area contributed by atoms with E-state index in [1.807, 2.05) is 0 Å². The van der Waals surface area contributed by atoms with Crippen molar-refractivity contribution in [1.82, 2.24) is 15.2 Å². The number of rotatable bonds is 4. The Balaban J connectivity index is 1.42. The summed E-state index contributed by atoms with van der Waals surface area (Å²) in [7, 11) is 0. The number of nitrogens with zero attached hydrogens (tertiary/aromatic N) is 2. The average Bonchev–Trinajstić information content (AvgIpc) is 3.23. The van der Waals surface area contributed by atoms with Gasteiger partial charge in [-0.2, -0.15) is 0 Å². The van der Waals surface area contributed by atoms with Crippen LogP contribution in [0.2, 0.25) is 0 Å². The number of hydrogen-bond acceptors (Lipinski definition) is 6. The second kappa shape index (κ2) is 5.98. The van der Waals surface area contributed by atoms with Crippen molar-refractivity contribution in [1.29, 1.82) is 0 Å². The summed E-state index contributed by atoms with van der Waals surface area (Å²) in [4.78, 5) is 19.5. The zero-order valence-corrected chi connectivity index (χ0v) is 13.7. The fraction of sp³-hybridized carbons (Fsp3) is 0.500. The molecule has 0 aromatic carbocycles. The first-order chi connectivity index (χ1) is 11.2. The molecular weight excluding hydrogens is 314 g/mol. The van der Waals surface area contributed by atoms with E-state index < -0.39 is 0 Å². The molecule has 3 aliphatic heterocycles. The first-order valence-electron chi connectivity index (χ1n) is 7.92. The maximum Gasteiger partial charge on any atom is 0.311 e. The van der Waals surface area contributed by atoms with Crippen LogP contribution >= 0.6 is 11.3 Å². The molecule has 1 amide bonds. The highest BCUT2D eigenvalue weighted by molar-refractivity contribution is 7.15. The fourth-order valence-electron chi connectivity index (χ4n) is 3.62. The van der Waals surface area contributed by atoms with Crippen LogP contribution in [0.3, 0.4) is 0 Å². The van der Waals surface area contributed by atoms with Crippen molar-refractivity contribution in [2.75, 3.05) is 13.1 Å². The molecule has 23 heavy (non-hydrogen) atoms. The van der Waals surface area contributed by atoms with E-state index in [9.17, 15) is 4.79 Å². The van der Waals surface area contributed by atoms with Crippen molar-refractivity contribution in [3.05, 3.63) is 29.6 Å². The second-order valence-corrected chi connectivity index (χ2v) is 7.20. The maximum absolute atomic E-state index is 12.5. The van der Waals surface area contributed by atoms with Gasteiger partial charge in [-0.15, -0.1) is 0 Å². The summed E-state index contributed by atoms with van der Waals surface area (Å²) in [5, 5.41) is 3.85. The van der Waals surface area contributed by atoms with Crippen molar-refractivity contribution in [2.45, 2.75) is 31.8 Å². The Kier molecular flexibility index (Phi) is 3.82. The Labute approximate surface area is 138 Å². The first-order valence-corrected chi connectivity index (χ1v) is 8.73. The number of carbonyl (C=O) groups is 1. The molecule has 0 spiro atoms. The summed E-state index contributed by atoms with van der Waals surface area (Å²) in [5.41, 5.74) is 0. The molecule has 2 aromatic rings. The van der Waals surface area contributed by atoms with Crippen LogP contribution in [-0.2, 0) is 0 Å². The number of thiophene rings is 1. The number of piperidine rings is 3. The molecule has 2 aromatic heterocycles. The summed E-state index contributed by atoms with van der Waals surface area (Å²) in [6.07, 6.45) is 5.17. The minimum absolute atomic E-state index is 0.0204. The number of amides is 1. The number of carbonyl (C=O) groups excluding carboxylic acids is 1. The van der Waals surface area contributed by atoms with Crippen molar-refractivity contribution in [2.24, 2.45) is 5.92 Å². The highest BCUT2D eigenvalue weighted by atomic mass is 32.1. The predicted octanol–water partition coefficient (Wildman–Crippen LogP) is 2.74. The molecule has 0 saturated carbocycles. The van der Waals surface area contributed by atoms with E-state index in [0.29, 0.717) is 27.8 Å². The lowest BCUT2D eigenvalue weighted by molar-refractivity contribution is 0.0218. The smallest absolute Gasteiger partial charge is 0.311 e. The van der Waals surface area contributed by atoms with Gasteiger partial charge in [0, 0.05) is 12.1 Å². The summed E-state index contributed by atoms with van der Waals surface area (Å²) >= 11 is 1.31. The molecule has 6 nitrogen and oxygen atoms in total. The zero-order valence-electron chi connectivity index (χ0n) is 12.9. The van der Waals surface area contributed by atoms with E-state index in [4.69, 9.17) is 9.15 Å². The van der Waals surface area contributed by atoms with Gasteiger partial charge < -0.3 is 14.5 Å². The zero-order chi connectivity index (χ0) is 15.8. The van der Waals surface area contributed by atoms with Crippen LogP contribution in [0, 0.1) is 5.92 Å². The van der Waals surface area contributed by atoms with Gasteiger partial charge in [-0.05, 0) is 50.9 Å². The topological polar surface area (TPSA) is 67.6 Å². The van der Waals surface area contributed by atoms with Crippen LogP contribution in [0.1, 0.15) is 29.4 Å². The summed E-state index contributed by atoms with van der Waals surface area (Å²) in [5.74, 6) is 0.904. The number of nitrogens with one attached hydrogen (secondary N) is 1. The van der Waals surface area contributed by atoms with Crippen LogP contribution < -0.4 is 10.1 Å². The molecule has 3 saturated heterocycles. The Bertz CT molecular complexity index is 675. The Morgan fingerprint density at radius 2 is 2.26 bits per heavy atom. The first kappa shape index (κ1) is 14.7. The van der Waals surface area contributed by atoms with Crippen LogP contribution in [-0.4, -0.2) is 41.0 Å². The number of oxazole rings is 1. The molecule has 2 atom stereocenters. The van der Waals surface area contributed by atoms with Gasteiger partial charge in [0.15, 0.2) is 11.5 Å². The molecule has 7 heteroatoms. The normalized spacial score (nSPS) is 29.4. The van der Waals surface area contributed by atoms with E-state index >= 15 is 0 Å². The van der Waals surface area contributed by atoms with Gasteiger partial charge in [0.1, 0.15) is 6.20 Å². The summed E-state index contributed by atoms with van der Waals surface area (Å²) in [6.45, 7) is 4.53. The van der Waals surface area contributed by atoms with Crippen LogP contribution in [0.25, 0.3) is 0 Å². The SMILES string of the molecule is C[C@@H]1[C@H](NC(=O)c2ccc(Oc3cnco3)s2)C2CCN1CC2. The average molecular weight is 333 g/mol. The Hall–Kier alpha value is -1.86. The van der Waals surface area contributed by atoms with Gasteiger partial charge in [-0.25, -0.2) is 4.98 Å². The molecule has 5 heterocycles. The van der Waals surface area contributed by atoms with Crippen LogP contribution in [0.15, 0.2) is 29.1 Å². The predicted molar refractivity (Wildman–Crippen MR) is 85.9 cm³/mol. The monoisotopic (exact) mass is 333 g/mol. The summed E-state index contributed by atoms with van der Waals surface area (Å²) in [6, 6.07) is 4.22. The lowest BCUT2D eigenvalue weighted by atomic mass is 9.79. The van der Waals surface area contributed by atoms with E-state index in [2.05, 4.69) is 22.1 Å². The molecule has 2 bridgehead atoms. The van der Waals surface area contributed by atoms with Gasteiger partial charge >= 0.3 is 5.95 Å². The van der Waals surface area contributed by atoms with Crippen LogP contribution in [0.4, 0.5) is 0 Å². The fourth-order valence-corrected chi connectivity index (χ4v) is 4.38. The number of ether oxygens (including phenoxy) is 1. The van der Waals surface area contributed by atoms with E-state index in [1.165, 1.54) is 36.8 Å². The molecule has 0 radical (unpaired) electrons. The molecule has 0 aliphatic carbocycles. The third-order valence-corrected chi connectivity index (χ3v) is 5.85. The number of aromatic nitrogens is 1. The molecule has 3 aliphatic rings. The molecular formula is C16H19N3O3S. The van der Waals surface area contributed by atoms with Crippen molar-refractivity contribution in [3.8, 4) is 11.0 Å². The van der Waals surface area contributed by atoms with E-state index in [1.54, 1.807) is 12.1 Å². The molecule has 5 rings (SSSR count). The van der Waals surface area contributed by atoms with E-state index in [0.717, 1.165) is 13.1 Å². The standard InChI is InChI=1S/C16H19N3O3S/c1-10-15(11-4-6-19(10)7-5-11)18-16(20)12-2-3-14(23-12)22-13-8-17-9-21-13/h2-3,8-11,15H,4-7H2,1H3,(H,18,20)/t10-,15+/m1/s1. The number of fused-ring (bicyclic) bond motifs is 3.